The molecule has 0 bridgehead atoms. The van der Waals surface area contributed by atoms with Crippen LogP contribution in [0.3, 0.4) is 0 Å². The molecule has 1 fully saturated rings. The molecule has 1 aliphatic rings. The van der Waals surface area contributed by atoms with E-state index in [9.17, 15) is 17.6 Å². The lowest BCUT2D eigenvalue weighted by molar-refractivity contribution is -0.141. The van der Waals surface area contributed by atoms with Crippen molar-refractivity contribution in [2.75, 3.05) is 62.1 Å². The second-order valence-corrected chi connectivity index (χ2v) is 6.59. The molecular weight excluding hydrogens is 378 g/mol. The van der Waals surface area contributed by atoms with Gasteiger partial charge in [0.1, 0.15) is 17.4 Å². The zero-order chi connectivity index (χ0) is 20.5. The van der Waals surface area contributed by atoms with Crippen LogP contribution in [0.15, 0.2) is 24.3 Å². The lowest BCUT2D eigenvalue weighted by Crippen LogP contribution is -2.47. The van der Waals surface area contributed by atoms with Crippen LogP contribution in [-0.4, -0.2) is 57.4 Å². The molecule has 1 aromatic carbocycles. The largest absolute Gasteiger partial charge is 0.494 e. The highest BCUT2D eigenvalue weighted by Crippen LogP contribution is 2.32. The fourth-order valence-electron chi connectivity index (χ4n) is 3.00. The van der Waals surface area contributed by atoms with Gasteiger partial charge >= 0.3 is 6.18 Å². The third kappa shape index (κ3) is 4.20. The summed E-state index contributed by atoms with van der Waals surface area (Å²) >= 11 is 0. The second-order valence-electron chi connectivity index (χ2n) is 6.59. The molecule has 10 heteroatoms. The van der Waals surface area contributed by atoms with Crippen molar-refractivity contribution in [1.82, 2.24) is 9.97 Å². The molecule has 1 aliphatic heterocycles. The lowest BCUT2D eigenvalue weighted by Gasteiger charge is -2.37. The number of methoxy groups -OCH3 is 1. The smallest absolute Gasteiger partial charge is 0.433 e. The standard InChI is InChI=1S/C18H21F4N5O/c1-25(2)16-11-15(18(20,21)22)23-17(24-16)27-8-6-26(7-9-27)13-5-4-12(19)10-14(13)28-3/h4-5,10-11H,6-9H2,1-3H3. The Bertz CT molecular complexity index is 835. The lowest BCUT2D eigenvalue weighted by atomic mass is 10.2. The highest BCUT2D eigenvalue weighted by atomic mass is 19.4. The first kappa shape index (κ1) is 20.0. The zero-order valence-electron chi connectivity index (χ0n) is 15.8. The number of hydrogen-bond acceptors (Lipinski definition) is 6. The highest BCUT2D eigenvalue weighted by molar-refractivity contribution is 5.59. The normalized spacial score (nSPS) is 15.0. The van der Waals surface area contributed by atoms with Gasteiger partial charge in [0.05, 0.1) is 12.8 Å². The van der Waals surface area contributed by atoms with E-state index in [-0.39, 0.29) is 11.8 Å². The maximum absolute atomic E-state index is 13.4. The molecule has 0 aliphatic carbocycles. The number of hydrogen-bond donors (Lipinski definition) is 0. The van der Waals surface area contributed by atoms with Gasteiger partial charge in [0, 0.05) is 52.4 Å². The van der Waals surface area contributed by atoms with Crippen molar-refractivity contribution in [2.24, 2.45) is 0 Å². The summed E-state index contributed by atoms with van der Waals surface area (Å²) in [5.74, 6) is 0.260. The van der Waals surface area contributed by atoms with Crippen LogP contribution >= 0.6 is 0 Å². The maximum Gasteiger partial charge on any atom is 0.433 e. The van der Waals surface area contributed by atoms with E-state index in [0.717, 1.165) is 11.8 Å². The van der Waals surface area contributed by atoms with Gasteiger partial charge in [-0.15, -0.1) is 0 Å². The zero-order valence-corrected chi connectivity index (χ0v) is 15.8. The molecule has 0 unspecified atom stereocenters. The summed E-state index contributed by atoms with van der Waals surface area (Å²) in [4.78, 5) is 13.2. The van der Waals surface area contributed by atoms with Crippen LogP contribution in [-0.2, 0) is 6.18 Å². The fourth-order valence-corrected chi connectivity index (χ4v) is 3.00. The van der Waals surface area contributed by atoms with Gasteiger partial charge in [-0.25, -0.2) is 9.37 Å². The Balaban J connectivity index is 1.81. The number of halogens is 4. The summed E-state index contributed by atoms with van der Waals surface area (Å²) in [6, 6.07) is 5.22. The molecule has 152 valence electrons. The van der Waals surface area contributed by atoms with Crippen LogP contribution < -0.4 is 19.4 Å². The van der Waals surface area contributed by atoms with Crippen molar-refractivity contribution < 1.29 is 22.3 Å². The van der Waals surface area contributed by atoms with E-state index in [1.54, 1.807) is 25.1 Å². The third-order valence-electron chi connectivity index (χ3n) is 4.49. The summed E-state index contributed by atoms with van der Waals surface area (Å²) in [5.41, 5.74) is -0.230. The van der Waals surface area contributed by atoms with E-state index in [1.165, 1.54) is 24.1 Å². The molecule has 3 rings (SSSR count). The van der Waals surface area contributed by atoms with Gasteiger partial charge in [-0.1, -0.05) is 0 Å². The highest BCUT2D eigenvalue weighted by Gasteiger charge is 2.35. The number of aromatic nitrogens is 2. The van der Waals surface area contributed by atoms with E-state index >= 15 is 0 Å². The number of anilines is 3. The Morgan fingerprint density at radius 3 is 2.21 bits per heavy atom. The van der Waals surface area contributed by atoms with E-state index in [4.69, 9.17) is 4.74 Å². The number of rotatable bonds is 4. The topological polar surface area (TPSA) is 44.7 Å². The first-order valence-electron chi connectivity index (χ1n) is 8.66. The summed E-state index contributed by atoms with van der Waals surface area (Å²) < 4.78 is 58.2. The Labute approximate surface area is 160 Å². The first-order chi connectivity index (χ1) is 13.2. The van der Waals surface area contributed by atoms with Crippen LogP contribution in [0, 0.1) is 5.82 Å². The van der Waals surface area contributed by atoms with Crippen molar-refractivity contribution in [1.29, 1.82) is 0 Å². The minimum Gasteiger partial charge on any atom is -0.494 e. The van der Waals surface area contributed by atoms with Crippen LogP contribution in [0.1, 0.15) is 5.69 Å². The summed E-state index contributed by atoms with van der Waals surface area (Å²) in [6.45, 7) is 1.88. The van der Waals surface area contributed by atoms with E-state index in [2.05, 4.69) is 9.97 Å². The van der Waals surface area contributed by atoms with E-state index < -0.39 is 17.7 Å². The quantitative estimate of drug-likeness (QED) is 0.737. The second kappa shape index (κ2) is 7.69. The van der Waals surface area contributed by atoms with Gasteiger partial charge in [0.25, 0.3) is 0 Å². The monoisotopic (exact) mass is 399 g/mol. The van der Waals surface area contributed by atoms with Gasteiger partial charge in [-0.3, -0.25) is 0 Å². The van der Waals surface area contributed by atoms with Gasteiger partial charge in [-0.05, 0) is 12.1 Å². The Hall–Kier alpha value is -2.78. The molecule has 0 N–H and O–H groups in total. The first-order valence-corrected chi connectivity index (χ1v) is 8.66. The number of alkyl halides is 3. The Morgan fingerprint density at radius 2 is 1.64 bits per heavy atom. The van der Waals surface area contributed by atoms with Gasteiger partial charge in [0.2, 0.25) is 5.95 Å². The molecule has 0 saturated carbocycles. The number of benzene rings is 1. The molecule has 0 atom stereocenters. The predicted molar refractivity (Wildman–Crippen MR) is 98.7 cm³/mol. The summed E-state index contributed by atoms with van der Waals surface area (Å²) in [7, 11) is 4.73. The number of piperazine rings is 1. The van der Waals surface area contributed by atoms with Crippen molar-refractivity contribution in [3.63, 3.8) is 0 Å². The molecule has 2 aromatic rings. The molecule has 6 nitrogen and oxygen atoms in total. The number of ether oxygens (including phenoxy) is 1. The molecule has 0 spiro atoms. The molecule has 1 saturated heterocycles. The van der Waals surface area contributed by atoms with Crippen molar-refractivity contribution in [3.05, 3.63) is 35.8 Å². The SMILES string of the molecule is COc1cc(F)ccc1N1CCN(c2nc(N(C)C)cc(C(F)(F)F)n2)CC1. The average Bonchev–Trinajstić information content (AvgIpc) is 2.67. The van der Waals surface area contributed by atoms with Crippen LogP contribution in [0.4, 0.5) is 35.0 Å². The van der Waals surface area contributed by atoms with Crippen LogP contribution in [0.2, 0.25) is 0 Å². The minimum atomic E-state index is -4.55. The van der Waals surface area contributed by atoms with E-state index in [0.29, 0.717) is 31.9 Å². The fraction of sp³-hybridized carbons (Fsp3) is 0.444. The Morgan fingerprint density at radius 1 is 1.00 bits per heavy atom. The molecular formula is C18H21F4N5O. The van der Waals surface area contributed by atoms with Crippen molar-refractivity contribution in [3.8, 4) is 5.75 Å². The molecule has 0 amide bonds. The van der Waals surface area contributed by atoms with Gasteiger partial charge in [-0.2, -0.15) is 18.2 Å². The molecule has 0 radical (unpaired) electrons. The summed E-state index contributed by atoms with van der Waals surface area (Å²) in [5, 5.41) is 0. The Kier molecular flexibility index (Phi) is 5.48. The van der Waals surface area contributed by atoms with Crippen molar-refractivity contribution >= 4 is 17.5 Å². The average molecular weight is 399 g/mol. The minimum absolute atomic E-state index is 0.0456. The van der Waals surface area contributed by atoms with Gasteiger partial charge in [0.15, 0.2) is 5.69 Å². The maximum atomic E-state index is 13.4. The molecule has 2 heterocycles. The number of nitrogens with zero attached hydrogens (tertiary/aromatic N) is 5. The summed E-state index contributed by atoms with van der Waals surface area (Å²) in [6.07, 6.45) is -4.55. The van der Waals surface area contributed by atoms with Crippen molar-refractivity contribution in [2.45, 2.75) is 6.18 Å². The van der Waals surface area contributed by atoms with Crippen LogP contribution in [0.5, 0.6) is 5.75 Å². The predicted octanol–water partition coefficient (Wildman–Crippen LogP) is 3.04. The third-order valence-corrected chi connectivity index (χ3v) is 4.49. The van der Waals surface area contributed by atoms with Gasteiger partial charge < -0.3 is 19.4 Å². The van der Waals surface area contributed by atoms with Crippen LogP contribution in [0.25, 0.3) is 0 Å². The molecule has 1 aromatic heterocycles. The van der Waals surface area contributed by atoms with E-state index in [1.807, 2.05) is 4.90 Å². The molecule has 28 heavy (non-hydrogen) atoms.